The van der Waals surface area contributed by atoms with Gasteiger partial charge in [0.2, 0.25) is 0 Å². The van der Waals surface area contributed by atoms with E-state index in [1.165, 1.54) is 77.0 Å². The van der Waals surface area contributed by atoms with Crippen LogP contribution in [0.25, 0.3) is 0 Å². The van der Waals surface area contributed by atoms with Gasteiger partial charge >= 0.3 is 0 Å². The zero-order chi connectivity index (χ0) is 12.9. The molecular weight excluding hydrogens is 232 g/mol. The van der Waals surface area contributed by atoms with Crippen molar-refractivity contribution in [3.8, 4) is 0 Å². The van der Waals surface area contributed by atoms with Crippen LogP contribution in [0.3, 0.4) is 0 Å². The lowest BCUT2D eigenvalue weighted by molar-refractivity contribution is -0.139. The Kier molecular flexibility index (Phi) is 3.17. The predicted octanol–water partition coefficient (Wildman–Crippen LogP) is 4.53. The van der Waals surface area contributed by atoms with Crippen molar-refractivity contribution in [2.75, 3.05) is 0 Å². The van der Waals surface area contributed by atoms with E-state index in [1.807, 2.05) is 0 Å². The van der Waals surface area contributed by atoms with Crippen molar-refractivity contribution in [3.63, 3.8) is 0 Å². The monoisotopic (exact) mass is 262 g/mol. The van der Waals surface area contributed by atoms with E-state index in [0.29, 0.717) is 11.3 Å². The van der Waals surface area contributed by atoms with Crippen LogP contribution in [-0.4, -0.2) is 11.2 Å². The molecule has 4 bridgehead atoms. The standard InChI is InChI=1S/C18H30O/c19-17(16-5-3-1-2-4-6-16)18-10-13-7-14(11-18)9-15(8-13)12-18/h13-17,19H,1-12H2. The summed E-state index contributed by atoms with van der Waals surface area (Å²) >= 11 is 0. The molecule has 0 aromatic rings. The van der Waals surface area contributed by atoms with E-state index in [0.717, 1.165) is 17.8 Å². The van der Waals surface area contributed by atoms with Gasteiger partial charge in [-0.1, -0.05) is 25.7 Å². The first-order valence-electron chi connectivity index (χ1n) is 8.93. The maximum atomic E-state index is 11.2. The summed E-state index contributed by atoms with van der Waals surface area (Å²) in [5.74, 6) is 3.57. The summed E-state index contributed by atoms with van der Waals surface area (Å²) in [6.07, 6.45) is 16.8. The van der Waals surface area contributed by atoms with E-state index >= 15 is 0 Å². The molecule has 1 unspecified atom stereocenters. The molecule has 5 aliphatic rings. The van der Waals surface area contributed by atoms with E-state index in [2.05, 4.69) is 0 Å². The molecule has 1 N–H and O–H groups in total. The molecule has 0 aliphatic heterocycles. The van der Waals surface area contributed by atoms with Crippen LogP contribution < -0.4 is 0 Å². The first kappa shape index (κ1) is 12.7. The molecule has 0 aromatic carbocycles. The van der Waals surface area contributed by atoms with Gasteiger partial charge in [0.05, 0.1) is 6.10 Å². The molecule has 5 rings (SSSR count). The van der Waals surface area contributed by atoms with Crippen LogP contribution in [0.1, 0.15) is 77.0 Å². The van der Waals surface area contributed by atoms with Crippen LogP contribution in [0.15, 0.2) is 0 Å². The van der Waals surface area contributed by atoms with Gasteiger partial charge in [-0.25, -0.2) is 0 Å². The van der Waals surface area contributed by atoms with Crippen LogP contribution in [0.2, 0.25) is 0 Å². The van der Waals surface area contributed by atoms with Crippen molar-refractivity contribution in [2.24, 2.45) is 29.1 Å². The summed E-state index contributed by atoms with van der Waals surface area (Å²) in [6, 6.07) is 0. The highest BCUT2D eigenvalue weighted by atomic mass is 16.3. The maximum absolute atomic E-state index is 11.2. The molecule has 5 fully saturated rings. The molecule has 0 amide bonds. The Morgan fingerprint density at radius 3 is 1.68 bits per heavy atom. The van der Waals surface area contributed by atoms with Gasteiger partial charge in [0.1, 0.15) is 0 Å². The Morgan fingerprint density at radius 1 is 0.737 bits per heavy atom. The number of aliphatic hydroxyl groups excluding tert-OH is 1. The molecule has 1 nitrogen and oxygen atoms in total. The summed E-state index contributed by atoms with van der Waals surface area (Å²) < 4.78 is 0. The molecule has 0 heterocycles. The highest BCUT2D eigenvalue weighted by molar-refractivity contribution is 5.05. The highest BCUT2D eigenvalue weighted by Gasteiger charge is 2.55. The van der Waals surface area contributed by atoms with Crippen molar-refractivity contribution in [1.82, 2.24) is 0 Å². The lowest BCUT2D eigenvalue weighted by Crippen LogP contribution is -2.53. The minimum absolute atomic E-state index is 0.0407. The normalized spacial score (nSPS) is 48.2. The van der Waals surface area contributed by atoms with Crippen LogP contribution in [0.5, 0.6) is 0 Å². The van der Waals surface area contributed by atoms with Gasteiger partial charge in [-0.2, -0.15) is 0 Å². The highest BCUT2D eigenvalue weighted by Crippen LogP contribution is 2.62. The van der Waals surface area contributed by atoms with Gasteiger partial charge in [-0.05, 0) is 80.5 Å². The zero-order valence-corrected chi connectivity index (χ0v) is 12.3. The number of hydrogen-bond acceptors (Lipinski definition) is 1. The van der Waals surface area contributed by atoms with E-state index in [9.17, 15) is 5.11 Å². The van der Waals surface area contributed by atoms with Gasteiger partial charge in [0, 0.05) is 0 Å². The molecule has 19 heavy (non-hydrogen) atoms. The predicted molar refractivity (Wildman–Crippen MR) is 77.8 cm³/mol. The lowest BCUT2D eigenvalue weighted by atomic mass is 9.47. The molecule has 0 aromatic heterocycles. The van der Waals surface area contributed by atoms with Crippen molar-refractivity contribution in [2.45, 2.75) is 83.2 Å². The summed E-state index contributed by atoms with van der Waals surface area (Å²) in [6.45, 7) is 0. The van der Waals surface area contributed by atoms with Crippen LogP contribution in [-0.2, 0) is 0 Å². The molecule has 1 atom stereocenters. The number of hydrogen-bond donors (Lipinski definition) is 1. The van der Waals surface area contributed by atoms with Gasteiger partial charge in [0.25, 0.3) is 0 Å². The minimum atomic E-state index is 0.0407. The number of aliphatic hydroxyl groups is 1. The van der Waals surface area contributed by atoms with Crippen LogP contribution in [0, 0.1) is 29.1 Å². The molecule has 0 radical (unpaired) electrons. The largest absolute Gasteiger partial charge is 0.392 e. The van der Waals surface area contributed by atoms with Gasteiger partial charge < -0.3 is 5.11 Å². The summed E-state index contributed by atoms with van der Waals surface area (Å²) in [5, 5.41) is 11.2. The summed E-state index contributed by atoms with van der Waals surface area (Å²) in [5.41, 5.74) is 0.365. The van der Waals surface area contributed by atoms with Crippen molar-refractivity contribution in [3.05, 3.63) is 0 Å². The van der Waals surface area contributed by atoms with Gasteiger partial charge in [-0.15, -0.1) is 0 Å². The topological polar surface area (TPSA) is 20.2 Å². The van der Waals surface area contributed by atoms with Crippen molar-refractivity contribution >= 4 is 0 Å². The van der Waals surface area contributed by atoms with Crippen LogP contribution in [0.4, 0.5) is 0 Å². The van der Waals surface area contributed by atoms with E-state index in [-0.39, 0.29) is 6.10 Å². The first-order chi connectivity index (χ1) is 9.25. The molecule has 5 saturated carbocycles. The molecule has 108 valence electrons. The third-order valence-electron chi connectivity index (χ3n) is 7.06. The first-order valence-corrected chi connectivity index (χ1v) is 8.93. The molecule has 0 saturated heterocycles. The SMILES string of the molecule is OC(C1CCCCCC1)C12CC3CC(CC(C3)C1)C2. The van der Waals surface area contributed by atoms with E-state index < -0.39 is 0 Å². The Labute approximate surface area is 118 Å². The Bertz CT molecular complexity index is 291. The fraction of sp³-hybridized carbons (Fsp3) is 1.00. The molecule has 1 heteroatoms. The van der Waals surface area contributed by atoms with E-state index in [4.69, 9.17) is 0 Å². The van der Waals surface area contributed by atoms with Crippen molar-refractivity contribution in [1.29, 1.82) is 0 Å². The van der Waals surface area contributed by atoms with Gasteiger partial charge in [0.15, 0.2) is 0 Å². The Balaban J connectivity index is 1.53. The van der Waals surface area contributed by atoms with Crippen molar-refractivity contribution < 1.29 is 5.11 Å². The second kappa shape index (κ2) is 4.76. The Morgan fingerprint density at radius 2 is 1.21 bits per heavy atom. The quantitative estimate of drug-likeness (QED) is 0.725. The smallest absolute Gasteiger partial charge is 0.0624 e. The molecule has 5 aliphatic carbocycles. The zero-order valence-electron chi connectivity index (χ0n) is 12.3. The maximum Gasteiger partial charge on any atom is 0.0624 e. The van der Waals surface area contributed by atoms with Gasteiger partial charge in [-0.3, -0.25) is 0 Å². The number of rotatable bonds is 2. The Hall–Kier alpha value is -0.0400. The van der Waals surface area contributed by atoms with Crippen LogP contribution >= 0.6 is 0 Å². The molecular formula is C18H30O. The average molecular weight is 262 g/mol. The average Bonchev–Trinajstić information content (AvgIpc) is 2.65. The second-order valence-electron chi connectivity index (χ2n) is 8.48. The minimum Gasteiger partial charge on any atom is -0.392 e. The van der Waals surface area contributed by atoms with E-state index in [1.54, 1.807) is 0 Å². The summed E-state index contributed by atoms with van der Waals surface area (Å²) in [7, 11) is 0. The third-order valence-corrected chi connectivity index (χ3v) is 7.06. The summed E-state index contributed by atoms with van der Waals surface area (Å²) in [4.78, 5) is 0. The fourth-order valence-corrected chi connectivity index (χ4v) is 6.67. The second-order valence-corrected chi connectivity index (χ2v) is 8.48. The fourth-order valence-electron chi connectivity index (χ4n) is 6.67. The lowest BCUT2D eigenvalue weighted by Gasteiger charge is -2.59. The molecule has 0 spiro atoms. The third kappa shape index (κ3) is 2.17.